The van der Waals surface area contributed by atoms with Crippen molar-refractivity contribution >= 4 is 11.9 Å². The molecule has 7 nitrogen and oxygen atoms in total. The van der Waals surface area contributed by atoms with Crippen LogP contribution in [0.1, 0.15) is 10.4 Å². The summed E-state index contributed by atoms with van der Waals surface area (Å²) < 4.78 is 0. The van der Waals surface area contributed by atoms with Gasteiger partial charge < -0.3 is 14.9 Å². The summed E-state index contributed by atoms with van der Waals surface area (Å²) in [7, 11) is 4.15. The molecule has 110 valence electrons. The molecule has 20 heavy (non-hydrogen) atoms. The summed E-state index contributed by atoms with van der Waals surface area (Å²) in [6.45, 7) is 5.85. The van der Waals surface area contributed by atoms with Gasteiger partial charge in [0.15, 0.2) is 0 Å². The monoisotopic (exact) mass is 279 g/mol. The number of carbonyl (C=O) groups is 1. The number of hydrogen-bond donors (Lipinski definition) is 1. The number of anilines is 1. The third-order valence-electron chi connectivity index (χ3n) is 3.40. The van der Waals surface area contributed by atoms with Gasteiger partial charge in [0, 0.05) is 51.7 Å². The van der Waals surface area contributed by atoms with Crippen molar-refractivity contribution in [1.82, 2.24) is 19.8 Å². The summed E-state index contributed by atoms with van der Waals surface area (Å²) in [5.41, 5.74) is 0.123. The number of piperazine rings is 1. The molecule has 0 aromatic carbocycles. The molecule has 1 saturated heterocycles. The summed E-state index contributed by atoms with van der Waals surface area (Å²) in [5, 5.41) is 8.82. The highest BCUT2D eigenvalue weighted by atomic mass is 16.4. The van der Waals surface area contributed by atoms with Crippen molar-refractivity contribution in [2.45, 2.75) is 0 Å². The third kappa shape index (κ3) is 3.88. The smallest absolute Gasteiger partial charge is 0.338 e. The second-order valence-electron chi connectivity index (χ2n) is 5.21. The summed E-state index contributed by atoms with van der Waals surface area (Å²) >= 11 is 0. The van der Waals surface area contributed by atoms with Crippen LogP contribution in [0.4, 0.5) is 5.95 Å². The lowest BCUT2D eigenvalue weighted by atomic mass is 10.3. The van der Waals surface area contributed by atoms with Gasteiger partial charge in [-0.25, -0.2) is 14.8 Å². The molecular formula is C13H21N5O2. The van der Waals surface area contributed by atoms with Crippen LogP contribution in [0.25, 0.3) is 0 Å². The second-order valence-corrected chi connectivity index (χ2v) is 5.21. The first-order valence-corrected chi connectivity index (χ1v) is 6.73. The van der Waals surface area contributed by atoms with E-state index in [1.54, 1.807) is 0 Å². The SMILES string of the molecule is CN(C)CCN1CCN(c2ncc(C(=O)O)cn2)CC1. The van der Waals surface area contributed by atoms with Crippen molar-refractivity contribution in [3.63, 3.8) is 0 Å². The lowest BCUT2D eigenvalue weighted by Gasteiger charge is -2.35. The highest BCUT2D eigenvalue weighted by Gasteiger charge is 2.19. The van der Waals surface area contributed by atoms with E-state index in [0.29, 0.717) is 5.95 Å². The van der Waals surface area contributed by atoms with Crippen LogP contribution in [0.5, 0.6) is 0 Å². The van der Waals surface area contributed by atoms with Crippen molar-refractivity contribution in [2.75, 3.05) is 58.3 Å². The van der Waals surface area contributed by atoms with E-state index in [-0.39, 0.29) is 5.56 Å². The fourth-order valence-corrected chi connectivity index (χ4v) is 2.11. The minimum Gasteiger partial charge on any atom is -0.478 e. The molecular weight excluding hydrogens is 258 g/mol. The van der Waals surface area contributed by atoms with Gasteiger partial charge in [-0.1, -0.05) is 0 Å². The van der Waals surface area contributed by atoms with Crippen molar-refractivity contribution in [1.29, 1.82) is 0 Å². The van der Waals surface area contributed by atoms with Crippen LogP contribution in [-0.2, 0) is 0 Å². The Balaban J connectivity index is 1.85. The molecule has 1 aromatic heterocycles. The van der Waals surface area contributed by atoms with Crippen molar-refractivity contribution < 1.29 is 9.90 Å². The fraction of sp³-hybridized carbons (Fsp3) is 0.615. The highest BCUT2D eigenvalue weighted by Crippen LogP contribution is 2.10. The summed E-state index contributed by atoms with van der Waals surface area (Å²) in [6.07, 6.45) is 2.73. The molecule has 0 saturated carbocycles. The standard InChI is InChI=1S/C13H21N5O2/c1-16(2)3-4-17-5-7-18(8-6-17)13-14-9-11(10-15-13)12(19)20/h9-10H,3-8H2,1-2H3,(H,19,20). The average Bonchev–Trinajstić information content (AvgIpc) is 2.46. The first kappa shape index (κ1) is 14.7. The zero-order valence-electron chi connectivity index (χ0n) is 12.0. The zero-order chi connectivity index (χ0) is 14.5. The number of rotatable bonds is 5. The second kappa shape index (κ2) is 6.62. The number of nitrogens with zero attached hydrogens (tertiary/aromatic N) is 5. The van der Waals surface area contributed by atoms with Gasteiger partial charge in [-0.05, 0) is 14.1 Å². The molecule has 0 spiro atoms. The lowest BCUT2D eigenvalue weighted by Crippen LogP contribution is -2.48. The molecule has 1 fully saturated rings. The molecule has 0 atom stereocenters. The van der Waals surface area contributed by atoms with E-state index < -0.39 is 5.97 Å². The Morgan fingerprint density at radius 1 is 1.25 bits per heavy atom. The number of aromatic nitrogens is 2. The first-order valence-electron chi connectivity index (χ1n) is 6.73. The van der Waals surface area contributed by atoms with Crippen LogP contribution in [0.3, 0.4) is 0 Å². The van der Waals surface area contributed by atoms with E-state index in [4.69, 9.17) is 5.11 Å². The minimum atomic E-state index is -0.995. The molecule has 1 aromatic rings. The molecule has 7 heteroatoms. The summed E-state index contributed by atoms with van der Waals surface area (Å²) in [4.78, 5) is 25.7. The van der Waals surface area contributed by atoms with E-state index in [2.05, 4.69) is 38.8 Å². The first-order chi connectivity index (χ1) is 9.56. The molecule has 0 unspecified atom stereocenters. The minimum absolute atomic E-state index is 0.123. The van der Waals surface area contributed by atoms with Gasteiger partial charge in [-0.3, -0.25) is 4.90 Å². The zero-order valence-corrected chi connectivity index (χ0v) is 12.0. The van der Waals surface area contributed by atoms with Crippen LogP contribution >= 0.6 is 0 Å². The Bertz CT molecular complexity index is 441. The Hall–Kier alpha value is -1.73. The van der Waals surface area contributed by atoms with Crippen molar-refractivity contribution in [3.8, 4) is 0 Å². The van der Waals surface area contributed by atoms with Gasteiger partial charge in [0.05, 0.1) is 5.56 Å². The number of likely N-dealkylation sites (N-methyl/N-ethyl adjacent to an activating group) is 1. The summed E-state index contributed by atoms with van der Waals surface area (Å²) in [6, 6.07) is 0. The Morgan fingerprint density at radius 3 is 2.35 bits per heavy atom. The molecule has 1 aliphatic rings. The van der Waals surface area contributed by atoms with E-state index >= 15 is 0 Å². The van der Waals surface area contributed by atoms with Gasteiger partial charge in [-0.2, -0.15) is 0 Å². The normalized spacial score (nSPS) is 16.6. The van der Waals surface area contributed by atoms with Gasteiger partial charge in [-0.15, -0.1) is 0 Å². The topological polar surface area (TPSA) is 72.8 Å². The summed E-state index contributed by atoms with van der Waals surface area (Å²) in [5.74, 6) is -0.382. The maximum Gasteiger partial charge on any atom is 0.338 e. The van der Waals surface area contributed by atoms with Crippen LogP contribution in [0.15, 0.2) is 12.4 Å². The number of aromatic carboxylic acids is 1. The quantitative estimate of drug-likeness (QED) is 0.804. The molecule has 2 rings (SSSR count). The largest absolute Gasteiger partial charge is 0.478 e. The van der Waals surface area contributed by atoms with Crippen molar-refractivity contribution in [2.24, 2.45) is 0 Å². The molecule has 0 amide bonds. The number of hydrogen-bond acceptors (Lipinski definition) is 6. The van der Waals surface area contributed by atoms with Gasteiger partial charge >= 0.3 is 5.97 Å². The molecule has 0 bridgehead atoms. The van der Waals surface area contributed by atoms with Crippen LogP contribution in [0.2, 0.25) is 0 Å². The van der Waals surface area contributed by atoms with E-state index in [1.807, 2.05) is 0 Å². The predicted molar refractivity (Wildman–Crippen MR) is 76.2 cm³/mol. The fourth-order valence-electron chi connectivity index (χ4n) is 2.11. The van der Waals surface area contributed by atoms with E-state index in [0.717, 1.165) is 39.3 Å². The van der Waals surface area contributed by atoms with Gasteiger partial charge in [0.1, 0.15) is 0 Å². The maximum atomic E-state index is 10.8. The van der Waals surface area contributed by atoms with Gasteiger partial charge in [0.25, 0.3) is 0 Å². The highest BCUT2D eigenvalue weighted by molar-refractivity contribution is 5.86. The third-order valence-corrected chi connectivity index (χ3v) is 3.40. The molecule has 0 radical (unpaired) electrons. The van der Waals surface area contributed by atoms with Crippen LogP contribution < -0.4 is 4.90 Å². The maximum absolute atomic E-state index is 10.8. The molecule has 1 aliphatic heterocycles. The molecule has 1 N–H and O–H groups in total. The Morgan fingerprint density at radius 2 is 1.85 bits per heavy atom. The lowest BCUT2D eigenvalue weighted by molar-refractivity contribution is 0.0696. The molecule has 2 heterocycles. The molecule has 0 aliphatic carbocycles. The van der Waals surface area contributed by atoms with E-state index in [9.17, 15) is 4.79 Å². The van der Waals surface area contributed by atoms with E-state index in [1.165, 1.54) is 12.4 Å². The number of carboxylic acid groups (broad SMARTS) is 1. The average molecular weight is 279 g/mol. The van der Waals surface area contributed by atoms with Gasteiger partial charge in [0.2, 0.25) is 5.95 Å². The Labute approximate surface area is 118 Å². The van der Waals surface area contributed by atoms with Crippen LogP contribution in [0, 0.1) is 0 Å². The predicted octanol–water partition coefficient (Wildman–Crippen LogP) is -0.142. The van der Waals surface area contributed by atoms with Crippen LogP contribution in [-0.4, -0.2) is 84.2 Å². The Kier molecular flexibility index (Phi) is 4.86. The van der Waals surface area contributed by atoms with Crippen molar-refractivity contribution in [3.05, 3.63) is 18.0 Å². The number of carboxylic acids is 1.